The first kappa shape index (κ1) is 36.8. The van der Waals surface area contributed by atoms with Crippen LogP contribution in [0.3, 0.4) is 0 Å². The van der Waals surface area contributed by atoms with E-state index in [9.17, 15) is 0 Å². The Bertz CT molecular complexity index is 3290. The Morgan fingerprint density at radius 3 is 1.31 bits per heavy atom. The van der Waals surface area contributed by atoms with Crippen LogP contribution in [0.4, 0.5) is 17.1 Å². The molecule has 292 valence electrons. The quantitative estimate of drug-likeness (QED) is 0.141. The lowest BCUT2D eigenvalue weighted by molar-refractivity contribution is 1.18. The minimum absolute atomic E-state index is 1.10. The van der Waals surface area contributed by atoms with Crippen LogP contribution in [-0.4, -0.2) is 4.57 Å². The van der Waals surface area contributed by atoms with E-state index in [1.165, 1.54) is 77.4 Å². The van der Waals surface area contributed by atoms with Crippen molar-refractivity contribution in [3.63, 3.8) is 0 Å². The molecular weight excluding hydrogens is 749 g/mol. The van der Waals surface area contributed by atoms with Gasteiger partial charge in [-0.1, -0.05) is 182 Å². The molecule has 0 N–H and O–H groups in total. The Labute approximate surface area is 362 Å². The number of aromatic nitrogens is 1. The van der Waals surface area contributed by atoms with Gasteiger partial charge in [0, 0.05) is 33.5 Å². The van der Waals surface area contributed by atoms with Gasteiger partial charge in [-0.05, 0) is 128 Å². The van der Waals surface area contributed by atoms with Gasteiger partial charge >= 0.3 is 0 Å². The van der Waals surface area contributed by atoms with Crippen LogP contribution >= 0.6 is 0 Å². The number of hydrogen-bond acceptors (Lipinski definition) is 1. The minimum atomic E-state index is 1.10. The molecule has 1 aromatic heterocycles. The molecule has 0 saturated carbocycles. The highest BCUT2D eigenvalue weighted by Gasteiger charge is 2.16. The summed E-state index contributed by atoms with van der Waals surface area (Å²) >= 11 is 0. The molecule has 10 aromatic carbocycles. The smallest absolute Gasteiger partial charge is 0.0541 e. The molecule has 0 saturated heterocycles. The SMILES string of the molecule is c1ccc(-c2ccc(N(c3ccccc3)c3ccc(-c4ccccc4-c4cccc(-c5ccc6c(c5)c5ccccc5n6-c5ccc(-c6ccccc6)cc5)c4)cc3)cc2)cc1. The lowest BCUT2D eigenvalue weighted by Gasteiger charge is -2.26. The molecule has 2 heteroatoms. The van der Waals surface area contributed by atoms with E-state index in [1.54, 1.807) is 0 Å². The molecule has 0 spiro atoms. The molecule has 0 atom stereocenters. The first-order valence-corrected chi connectivity index (χ1v) is 21.3. The van der Waals surface area contributed by atoms with E-state index in [0.29, 0.717) is 0 Å². The lowest BCUT2D eigenvalue weighted by Crippen LogP contribution is -2.09. The Balaban J connectivity index is 0.919. The van der Waals surface area contributed by atoms with Crippen LogP contribution in [0.1, 0.15) is 0 Å². The molecule has 0 amide bonds. The molecule has 0 aliphatic heterocycles. The van der Waals surface area contributed by atoms with Crippen LogP contribution in [0.15, 0.2) is 255 Å². The fraction of sp³-hybridized carbons (Fsp3) is 0. The zero-order valence-electron chi connectivity index (χ0n) is 34.1. The summed E-state index contributed by atoms with van der Waals surface area (Å²) in [6.45, 7) is 0. The fourth-order valence-electron chi connectivity index (χ4n) is 8.96. The van der Waals surface area contributed by atoms with Gasteiger partial charge in [-0.2, -0.15) is 0 Å². The summed E-state index contributed by atoms with van der Waals surface area (Å²) in [4.78, 5) is 2.32. The Morgan fingerprint density at radius 2 is 0.661 bits per heavy atom. The maximum absolute atomic E-state index is 2.39. The van der Waals surface area contributed by atoms with Crippen molar-refractivity contribution in [1.29, 1.82) is 0 Å². The average Bonchev–Trinajstić information content (AvgIpc) is 3.69. The molecular formula is C60H42N2. The topological polar surface area (TPSA) is 8.17 Å². The second-order valence-corrected chi connectivity index (χ2v) is 15.8. The molecule has 2 nitrogen and oxygen atoms in total. The van der Waals surface area contributed by atoms with E-state index in [4.69, 9.17) is 0 Å². The Kier molecular flexibility index (Phi) is 9.57. The summed E-state index contributed by atoms with van der Waals surface area (Å²) < 4.78 is 2.39. The molecule has 0 fully saturated rings. The number of para-hydroxylation sites is 2. The maximum atomic E-state index is 2.39. The number of benzene rings is 10. The maximum Gasteiger partial charge on any atom is 0.0541 e. The predicted octanol–water partition coefficient (Wildman–Crippen LogP) is 16.6. The first-order chi connectivity index (χ1) is 30.7. The monoisotopic (exact) mass is 790 g/mol. The van der Waals surface area contributed by atoms with E-state index in [1.807, 2.05) is 0 Å². The summed E-state index contributed by atoms with van der Waals surface area (Å²) in [5, 5.41) is 2.49. The molecule has 0 aliphatic rings. The number of hydrogen-bond donors (Lipinski definition) is 0. The zero-order valence-corrected chi connectivity index (χ0v) is 34.1. The highest BCUT2D eigenvalue weighted by Crippen LogP contribution is 2.40. The van der Waals surface area contributed by atoms with Crippen LogP contribution in [-0.2, 0) is 0 Å². The van der Waals surface area contributed by atoms with Gasteiger partial charge in [-0.25, -0.2) is 0 Å². The van der Waals surface area contributed by atoms with Gasteiger partial charge in [0.25, 0.3) is 0 Å². The summed E-state index contributed by atoms with van der Waals surface area (Å²) in [6.07, 6.45) is 0. The first-order valence-electron chi connectivity index (χ1n) is 21.3. The van der Waals surface area contributed by atoms with Gasteiger partial charge < -0.3 is 9.47 Å². The molecule has 0 bridgehead atoms. The van der Waals surface area contributed by atoms with Crippen molar-refractivity contribution in [3.8, 4) is 61.3 Å². The lowest BCUT2D eigenvalue weighted by atomic mass is 9.92. The molecule has 62 heavy (non-hydrogen) atoms. The molecule has 0 aliphatic carbocycles. The van der Waals surface area contributed by atoms with E-state index in [0.717, 1.165) is 22.7 Å². The van der Waals surface area contributed by atoms with Gasteiger partial charge in [0.05, 0.1) is 11.0 Å². The van der Waals surface area contributed by atoms with Crippen molar-refractivity contribution in [2.75, 3.05) is 4.90 Å². The van der Waals surface area contributed by atoms with Crippen molar-refractivity contribution in [3.05, 3.63) is 255 Å². The van der Waals surface area contributed by atoms with E-state index >= 15 is 0 Å². The Morgan fingerprint density at radius 1 is 0.242 bits per heavy atom. The molecule has 0 unspecified atom stereocenters. The van der Waals surface area contributed by atoms with E-state index in [-0.39, 0.29) is 0 Å². The van der Waals surface area contributed by atoms with Gasteiger partial charge in [-0.15, -0.1) is 0 Å². The van der Waals surface area contributed by atoms with Crippen molar-refractivity contribution in [1.82, 2.24) is 4.57 Å². The summed E-state index contributed by atoms with van der Waals surface area (Å²) in [6, 6.07) is 91.9. The van der Waals surface area contributed by atoms with Gasteiger partial charge in [0.1, 0.15) is 0 Å². The average molecular weight is 791 g/mol. The third-order valence-corrected chi connectivity index (χ3v) is 12.0. The largest absolute Gasteiger partial charge is 0.311 e. The number of anilines is 3. The standard InChI is InChI=1S/C60H42N2/c1-4-15-43(16-5-1)45-27-34-52(35-28-45)61(51-21-8-3-9-22-51)53-38-31-47(32-39-53)55-23-10-11-24-56(55)50-20-14-19-48(41-50)49-33-40-60-58(42-49)57-25-12-13-26-59(57)62(60)54-36-29-46(30-37-54)44-17-6-2-7-18-44/h1-42H. The number of rotatable bonds is 9. The van der Waals surface area contributed by atoms with E-state index in [2.05, 4.69) is 264 Å². The third-order valence-electron chi connectivity index (χ3n) is 12.0. The van der Waals surface area contributed by atoms with E-state index < -0.39 is 0 Å². The van der Waals surface area contributed by atoms with Crippen molar-refractivity contribution < 1.29 is 0 Å². The van der Waals surface area contributed by atoms with Gasteiger partial charge in [0.15, 0.2) is 0 Å². The summed E-state index contributed by atoms with van der Waals surface area (Å²) in [5.74, 6) is 0. The van der Waals surface area contributed by atoms with Crippen LogP contribution in [0.5, 0.6) is 0 Å². The number of nitrogens with zero attached hydrogens (tertiary/aromatic N) is 2. The van der Waals surface area contributed by atoms with Crippen molar-refractivity contribution in [2.45, 2.75) is 0 Å². The van der Waals surface area contributed by atoms with Crippen molar-refractivity contribution in [2.24, 2.45) is 0 Å². The Hall–Kier alpha value is -8.20. The normalized spacial score (nSPS) is 11.2. The third kappa shape index (κ3) is 6.94. The predicted molar refractivity (Wildman–Crippen MR) is 263 cm³/mol. The van der Waals surface area contributed by atoms with Crippen LogP contribution < -0.4 is 4.90 Å². The number of fused-ring (bicyclic) bond motifs is 3. The zero-order chi connectivity index (χ0) is 41.2. The van der Waals surface area contributed by atoms with Crippen LogP contribution in [0, 0.1) is 0 Å². The second-order valence-electron chi connectivity index (χ2n) is 15.8. The highest BCUT2D eigenvalue weighted by atomic mass is 15.1. The van der Waals surface area contributed by atoms with Gasteiger partial charge in [-0.3, -0.25) is 0 Å². The highest BCUT2D eigenvalue weighted by molar-refractivity contribution is 6.10. The van der Waals surface area contributed by atoms with Crippen LogP contribution in [0.2, 0.25) is 0 Å². The molecule has 11 aromatic rings. The summed E-state index contributed by atoms with van der Waals surface area (Å²) in [7, 11) is 0. The molecule has 0 radical (unpaired) electrons. The van der Waals surface area contributed by atoms with Crippen molar-refractivity contribution >= 4 is 38.9 Å². The molecule has 11 rings (SSSR count). The fourth-order valence-corrected chi connectivity index (χ4v) is 8.96. The second kappa shape index (κ2) is 16.1. The molecule has 1 heterocycles. The van der Waals surface area contributed by atoms with Gasteiger partial charge in [0.2, 0.25) is 0 Å². The minimum Gasteiger partial charge on any atom is -0.311 e. The summed E-state index contributed by atoms with van der Waals surface area (Å²) in [5.41, 5.74) is 18.9. The van der Waals surface area contributed by atoms with Crippen LogP contribution in [0.25, 0.3) is 83.1 Å².